The van der Waals surface area contributed by atoms with E-state index in [1.807, 2.05) is 6.92 Å². The smallest absolute Gasteiger partial charge is 0.336 e. The van der Waals surface area contributed by atoms with Gasteiger partial charge in [0.1, 0.15) is 0 Å². The van der Waals surface area contributed by atoms with Gasteiger partial charge < -0.3 is 4.74 Å². The van der Waals surface area contributed by atoms with Gasteiger partial charge in [-0.25, -0.2) is 0 Å². The summed E-state index contributed by atoms with van der Waals surface area (Å²) in [7, 11) is -4.20. The maximum atomic E-state index is 12.0. The fraction of sp³-hybridized carbons (Fsp3) is 0.923. The molecule has 3 atom stereocenters. The van der Waals surface area contributed by atoms with Gasteiger partial charge >= 0.3 is 16.3 Å². The van der Waals surface area contributed by atoms with Crippen molar-refractivity contribution in [3.05, 3.63) is 0 Å². The van der Waals surface area contributed by atoms with Crippen molar-refractivity contribution in [3.63, 3.8) is 0 Å². The molecule has 116 valence electrons. The third-order valence-corrected chi connectivity index (χ3v) is 5.45. The largest absolute Gasteiger partial charge is 0.466 e. The van der Waals surface area contributed by atoms with Crippen LogP contribution in [0.4, 0.5) is 0 Å². The summed E-state index contributed by atoms with van der Waals surface area (Å²) in [5, 5.41) is 0. The van der Waals surface area contributed by atoms with Gasteiger partial charge in [-0.05, 0) is 38.5 Å². The van der Waals surface area contributed by atoms with E-state index in [2.05, 4.69) is 0 Å². The van der Waals surface area contributed by atoms with Crippen LogP contribution < -0.4 is 0 Å². The van der Waals surface area contributed by atoms with Crippen molar-refractivity contribution in [2.75, 3.05) is 6.61 Å². The van der Waals surface area contributed by atoms with Crippen LogP contribution in [0.1, 0.15) is 46.0 Å². The molecule has 0 aliphatic heterocycles. The van der Waals surface area contributed by atoms with Gasteiger partial charge in [-0.2, -0.15) is 12.7 Å². The second-order valence-corrected chi connectivity index (χ2v) is 7.01. The lowest BCUT2D eigenvalue weighted by Crippen LogP contribution is -2.40. The maximum absolute atomic E-state index is 12.0. The van der Waals surface area contributed by atoms with Crippen LogP contribution in [0.2, 0.25) is 0 Å². The molecule has 2 saturated carbocycles. The molecule has 2 aliphatic rings. The lowest BCUT2D eigenvalue weighted by molar-refractivity contribution is -0.149. The highest BCUT2D eigenvalue weighted by molar-refractivity contribution is 7.83. The van der Waals surface area contributed by atoms with Crippen molar-refractivity contribution in [2.24, 2.45) is 11.8 Å². The summed E-state index contributed by atoms with van der Waals surface area (Å²) < 4.78 is 38.8. The van der Waals surface area contributed by atoms with Crippen LogP contribution >= 0.6 is 0 Å². The van der Waals surface area contributed by atoms with Crippen LogP contribution in [-0.4, -0.2) is 41.9 Å². The zero-order chi connectivity index (χ0) is 14.9. The monoisotopic (exact) mass is 305 g/mol. The Balaban J connectivity index is 2.12. The van der Waals surface area contributed by atoms with Crippen LogP contribution in [0.15, 0.2) is 0 Å². The Kier molecular flexibility index (Phi) is 4.71. The highest BCUT2D eigenvalue weighted by Crippen LogP contribution is 2.42. The molecule has 0 aromatic heterocycles. The Morgan fingerprint density at radius 3 is 2.35 bits per heavy atom. The molecule has 0 bridgehead atoms. The number of carbonyl (C=O) groups is 1. The Morgan fingerprint density at radius 2 is 1.90 bits per heavy atom. The molecule has 6 nitrogen and oxygen atoms in total. The Bertz CT molecular complexity index is 459. The van der Waals surface area contributed by atoms with Crippen LogP contribution in [0.25, 0.3) is 0 Å². The van der Waals surface area contributed by atoms with Crippen molar-refractivity contribution in [3.8, 4) is 0 Å². The quantitative estimate of drug-likeness (QED) is 0.595. The number of nitrogens with zero attached hydrogens (tertiary/aromatic N) is 1. The third kappa shape index (κ3) is 3.32. The normalized spacial score (nSPS) is 30.7. The summed E-state index contributed by atoms with van der Waals surface area (Å²) in [5.41, 5.74) is 0. The first-order valence-electron chi connectivity index (χ1n) is 7.31. The van der Waals surface area contributed by atoms with E-state index in [1.54, 1.807) is 6.92 Å². The Morgan fingerprint density at radius 1 is 1.25 bits per heavy atom. The molecule has 2 aliphatic carbocycles. The first kappa shape index (κ1) is 15.7. The average molecular weight is 305 g/mol. The first-order chi connectivity index (χ1) is 9.38. The molecule has 0 spiro atoms. The van der Waals surface area contributed by atoms with Crippen molar-refractivity contribution >= 4 is 16.3 Å². The lowest BCUT2D eigenvalue weighted by Gasteiger charge is -2.25. The van der Waals surface area contributed by atoms with E-state index in [9.17, 15) is 17.8 Å². The second-order valence-electron chi connectivity index (χ2n) is 5.69. The van der Waals surface area contributed by atoms with Gasteiger partial charge in [-0.15, -0.1) is 0 Å². The maximum Gasteiger partial charge on any atom is 0.336 e. The topological polar surface area (TPSA) is 83.9 Å². The summed E-state index contributed by atoms with van der Waals surface area (Å²) in [6, 6.07) is -0.370. The number of rotatable bonds is 6. The summed E-state index contributed by atoms with van der Waals surface area (Å²) in [5.74, 6) is -0.372. The van der Waals surface area contributed by atoms with Gasteiger partial charge in [0.05, 0.1) is 12.5 Å². The highest BCUT2D eigenvalue weighted by Gasteiger charge is 2.48. The molecule has 0 heterocycles. The van der Waals surface area contributed by atoms with Crippen LogP contribution in [-0.2, 0) is 19.8 Å². The Hall–Kier alpha value is -0.660. The number of hydrogen-bond donors (Lipinski definition) is 1. The number of hydrogen-bond acceptors (Lipinski definition) is 4. The number of ether oxygens (including phenoxy) is 1. The SMILES string of the molecule is CCOC(=O)C1CC(N(C2CC2)S(=O)(=O)O)CC1CC. The van der Waals surface area contributed by atoms with Crippen LogP contribution in [0.5, 0.6) is 0 Å². The van der Waals surface area contributed by atoms with Gasteiger partial charge in [-0.1, -0.05) is 13.3 Å². The molecule has 7 heteroatoms. The molecule has 0 saturated heterocycles. The second kappa shape index (κ2) is 5.99. The van der Waals surface area contributed by atoms with Crippen molar-refractivity contribution in [1.29, 1.82) is 0 Å². The minimum atomic E-state index is -4.20. The van der Waals surface area contributed by atoms with Gasteiger partial charge in [0.25, 0.3) is 0 Å². The molecule has 1 N–H and O–H groups in total. The molecular formula is C13H23NO5S. The molecule has 2 fully saturated rings. The summed E-state index contributed by atoms with van der Waals surface area (Å²) >= 11 is 0. The molecule has 0 radical (unpaired) electrons. The minimum Gasteiger partial charge on any atom is -0.466 e. The summed E-state index contributed by atoms with van der Waals surface area (Å²) in [6.45, 7) is 4.09. The van der Waals surface area contributed by atoms with Crippen molar-refractivity contribution < 1.29 is 22.5 Å². The molecule has 3 unspecified atom stereocenters. The van der Waals surface area contributed by atoms with Gasteiger partial charge in [0, 0.05) is 12.1 Å². The fourth-order valence-electron chi connectivity index (χ4n) is 3.30. The molecular weight excluding hydrogens is 282 g/mol. The van der Waals surface area contributed by atoms with Gasteiger partial charge in [-0.3, -0.25) is 9.35 Å². The van der Waals surface area contributed by atoms with E-state index in [4.69, 9.17) is 4.74 Å². The molecule has 0 amide bonds. The molecule has 2 rings (SSSR count). The fourth-order valence-corrected chi connectivity index (χ4v) is 4.43. The zero-order valence-electron chi connectivity index (χ0n) is 12.0. The summed E-state index contributed by atoms with van der Waals surface area (Å²) in [6.07, 6.45) is 3.46. The van der Waals surface area contributed by atoms with E-state index in [0.717, 1.165) is 19.3 Å². The molecule has 0 aromatic carbocycles. The first-order valence-corrected chi connectivity index (χ1v) is 8.70. The third-order valence-electron chi connectivity index (χ3n) is 4.32. The molecule has 0 aromatic rings. The minimum absolute atomic E-state index is 0.0894. The number of carbonyl (C=O) groups excluding carboxylic acids is 1. The summed E-state index contributed by atoms with van der Waals surface area (Å²) in [4.78, 5) is 12.0. The van der Waals surface area contributed by atoms with E-state index < -0.39 is 10.3 Å². The predicted octanol–water partition coefficient (Wildman–Crippen LogP) is 1.62. The highest BCUT2D eigenvalue weighted by atomic mass is 32.2. The van der Waals surface area contributed by atoms with Crippen molar-refractivity contribution in [2.45, 2.75) is 58.0 Å². The average Bonchev–Trinajstić information content (AvgIpc) is 3.06. The van der Waals surface area contributed by atoms with Crippen molar-refractivity contribution in [1.82, 2.24) is 4.31 Å². The van der Waals surface area contributed by atoms with Gasteiger partial charge in [0.15, 0.2) is 0 Å². The van der Waals surface area contributed by atoms with Gasteiger partial charge in [0.2, 0.25) is 0 Å². The number of esters is 1. The van der Waals surface area contributed by atoms with E-state index in [1.165, 1.54) is 4.31 Å². The van der Waals surface area contributed by atoms with Crippen LogP contribution in [0, 0.1) is 11.8 Å². The van der Waals surface area contributed by atoms with E-state index in [0.29, 0.717) is 19.4 Å². The van der Waals surface area contributed by atoms with E-state index in [-0.39, 0.29) is 29.9 Å². The molecule has 20 heavy (non-hydrogen) atoms. The standard InChI is InChI=1S/C13H23NO5S/c1-3-9-7-11(8-12(9)13(15)19-4-2)14(10-5-6-10)20(16,17)18/h9-12H,3-8H2,1-2H3,(H,16,17,18). The van der Waals surface area contributed by atoms with Crippen LogP contribution in [0.3, 0.4) is 0 Å². The Labute approximate surface area is 120 Å². The zero-order valence-corrected chi connectivity index (χ0v) is 12.8. The van der Waals surface area contributed by atoms with E-state index >= 15 is 0 Å². The predicted molar refractivity (Wildman–Crippen MR) is 73.3 cm³/mol. The lowest BCUT2D eigenvalue weighted by atomic mass is 9.94.